The first kappa shape index (κ1) is 20.5. The van der Waals surface area contributed by atoms with Crippen LogP contribution in [0.15, 0.2) is 29.3 Å². The number of amides is 1. The normalized spacial score (nSPS) is 23.8. The van der Waals surface area contributed by atoms with Gasteiger partial charge >= 0.3 is 0 Å². The third-order valence-electron chi connectivity index (χ3n) is 7.46. The summed E-state index contributed by atoms with van der Waals surface area (Å²) in [6.45, 7) is 5.98. The summed E-state index contributed by atoms with van der Waals surface area (Å²) in [4.78, 5) is 36.1. The van der Waals surface area contributed by atoms with Gasteiger partial charge < -0.3 is 9.80 Å². The molecule has 7 heteroatoms. The van der Waals surface area contributed by atoms with Crippen molar-refractivity contribution in [3.05, 3.63) is 34.9 Å². The van der Waals surface area contributed by atoms with Gasteiger partial charge in [0.05, 0.1) is 17.2 Å². The van der Waals surface area contributed by atoms with Crippen LogP contribution < -0.4 is 10.5 Å². The molecule has 3 heterocycles. The Hall–Kier alpha value is -2.41. The quantitative estimate of drug-likeness (QED) is 0.756. The molecule has 1 atom stereocenters. The molecule has 1 amide bonds. The van der Waals surface area contributed by atoms with E-state index in [-0.39, 0.29) is 11.5 Å². The molecule has 3 fully saturated rings. The van der Waals surface area contributed by atoms with Gasteiger partial charge in [0.15, 0.2) is 0 Å². The third kappa shape index (κ3) is 4.20. The standard InChI is InChI=1S/C24H33N5O2/c1-26-15-18(6-9-23(26)30)16-27-10-12-28(13-11-27)20-7-8-21-22(14-20)25-17-29(24(21)31)19-4-2-3-5-19/h7-8,14,17-19H,2-6,9-13,15-16H2,1H3. The second kappa shape index (κ2) is 8.61. The van der Waals surface area contributed by atoms with E-state index in [2.05, 4.69) is 26.9 Å². The Kier molecular flexibility index (Phi) is 5.69. The van der Waals surface area contributed by atoms with Crippen LogP contribution in [0.5, 0.6) is 0 Å². The zero-order valence-corrected chi connectivity index (χ0v) is 18.5. The molecule has 2 aromatic rings. The molecule has 1 unspecified atom stereocenters. The van der Waals surface area contributed by atoms with Crippen molar-refractivity contribution < 1.29 is 4.79 Å². The Morgan fingerprint density at radius 1 is 1.03 bits per heavy atom. The molecule has 1 aromatic carbocycles. The summed E-state index contributed by atoms with van der Waals surface area (Å²) in [6, 6.07) is 6.45. The van der Waals surface area contributed by atoms with Crippen LogP contribution in [0.25, 0.3) is 10.9 Å². The van der Waals surface area contributed by atoms with Crippen molar-refractivity contribution in [2.45, 2.75) is 44.6 Å². The van der Waals surface area contributed by atoms with Crippen LogP contribution in [-0.2, 0) is 4.79 Å². The van der Waals surface area contributed by atoms with Crippen LogP contribution in [-0.4, -0.2) is 71.6 Å². The van der Waals surface area contributed by atoms with E-state index in [4.69, 9.17) is 0 Å². The number of aromatic nitrogens is 2. The molecule has 1 saturated carbocycles. The minimum absolute atomic E-state index is 0.101. The number of hydrogen-bond acceptors (Lipinski definition) is 5. The van der Waals surface area contributed by atoms with Crippen LogP contribution in [0.1, 0.15) is 44.6 Å². The predicted molar refractivity (Wildman–Crippen MR) is 123 cm³/mol. The Balaban J connectivity index is 1.23. The molecule has 3 aliphatic rings. The van der Waals surface area contributed by atoms with Gasteiger partial charge in [0, 0.05) is 64.5 Å². The smallest absolute Gasteiger partial charge is 0.261 e. The van der Waals surface area contributed by atoms with E-state index < -0.39 is 0 Å². The lowest BCUT2D eigenvalue weighted by Crippen LogP contribution is -2.49. The van der Waals surface area contributed by atoms with E-state index in [1.54, 1.807) is 6.33 Å². The fourth-order valence-corrected chi connectivity index (χ4v) is 5.56. The van der Waals surface area contributed by atoms with Gasteiger partial charge in [-0.3, -0.25) is 19.1 Å². The first-order valence-electron chi connectivity index (χ1n) is 11.8. The summed E-state index contributed by atoms with van der Waals surface area (Å²) in [6.07, 6.45) is 8.04. The number of hydrogen-bond donors (Lipinski definition) is 0. The summed E-state index contributed by atoms with van der Waals surface area (Å²) in [5.41, 5.74) is 2.05. The first-order valence-corrected chi connectivity index (χ1v) is 11.8. The number of piperazine rings is 1. The molecule has 5 rings (SSSR count). The highest BCUT2D eigenvalue weighted by atomic mass is 16.2. The van der Waals surface area contributed by atoms with Gasteiger partial charge in [-0.15, -0.1) is 0 Å². The average molecular weight is 424 g/mol. The van der Waals surface area contributed by atoms with E-state index in [1.807, 2.05) is 22.6 Å². The van der Waals surface area contributed by atoms with Crippen molar-refractivity contribution in [2.24, 2.45) is 5.92 Å². The average Bonchev–Trinajstić information content (AvgIpc) is 3.31. The molecule has 1 aliphatic carbocycles. The van der Waals surface area contributed by atoms with E-state index in [9.17, 15) is 9.59 Å². The molecule has 0 radical (unpaired) electrons. The van der Waals surface area contributed by atoms with Crippen LogP contribution in [0, 0.1) is 5.92 Å². The van der Waals surface area contributed by atoms with Crippen molar-refractivity contribution in [1.82, 2.24) is 19.4 Å². The molecule has 0 N–H and O–H groups in total. The summed E-state index contributed by atoms with van der Waals surface area (Å²) >= 11 is 0. The molecule has 0 spiro atoms. The first-order chi connectivity index (χ1) is 15.1. The topological polar surface area (TPSA) is 61.7 Å². The summed E-state index contributed by atoms with van der Waals surface area (Å²) in [7, 11) is 1.92. The van der Waals surface area contributed by atoms with Gasteiger partial charge in [0.1, 0.15) is 0 Å². The van der Waals surface area contributed by atoms with Crippen LogP contribution in [0.2, 0.25) is 0 Å². The number of carbonyl (C=O) groups excluding carboxylic acids is 1. The molecule has 2 aliphatic heterocycles. The van der Waals surface area contributed by atoms with Crippen LogP contribution >= 0.6 is 0 Å². The van der Waals surface area contributed by atoms with Gasteiger partial charge in [-0.1, -0.05) is 12.8 Å². The third-order valence-corrected chi connectivity index (χ3v) is 7.46. The van der Waals surface area contributed by atoms with Crippen molar-refractivity contribution in [3.8, 4) is 0 Å². The number of benzene rings is 1. The minimum atomic E-state index is 0.101. The van der Waals surface area contributed by atoms with Gasteiger partial charge in [-0.05, 0) is 43.4 Å². The molecule has 31 heavy (non-hydrogen) atoms. The zero-order chi connectivity index (χ0) is 21.4. The molecule has 7 nitrogen and oxygen atoms in total. The monoisotopic (exact) mass is 423 g/mol. The number of piperidine rings is 1. The van der Waals surface area contributed by atoms with Gasteiger partial charge in [-0.25, -0.2) is 4.98 Å². The van der Waals surface area contributed by atoms with Crippen molar-refractivity contribution >= 4 is 22.5 Å². The number of carbonyl (C=O) groups is 1. The van der Waals surface area contributed by atoms with E-state index in [0.717, 1.165) is 75.1 Å². The zero-order valence-electron chi connectivity index (χ0n) is 18.5. The molecular formula is C24H33N5O2. The number of fused-ring (bicyclic) bond motifs is 1. The maximum atomic E-state index is 13.0. The molecule has 166 valence electrons. The summed E-state index contributed by atoms with van der Waals surface area (Å²) in [5.74, 6) is 0.863. The van der Waals surface area contributed by atoms with Crippen LogP contribution in [0.4, 0.5) is 5.69 Å². The lowest BCUT2D eigenvalue weighted by molar-refractivity contribution is -0.133. The van der Waals surface area contributed by atoms with Gasteiger partial charge in [0.25, 0.3) is 5.56 Å². The molecule has 1 aromatic heterocycles. The van der Waals surface area contributed by atoms with E-state index in [0.29, 0.717) is 18.4 Å². The highest BCUT2D eigenvalue weighted by Gasteiger charge is 2.26. The van der Waals surface area contributed by atoms with Crippen molar-refractivity contribution in [3.63, 3.8) is 0 Å². The van der Waals surface area contributed by atoms with Crippen molar-refractivity contribution in [1.29, 1.82) is 0 Å². The second-order valence-corrected chi connectivity index (χ2v) is 9.56. The minimum Gasteiger partial charge on any atom is -0.369 e. The largest absolute Gasteiger partial charge is 0.369 e. The lowest BCUT2D eigenvalue weighted by atomic mass is 9.97. The van der Waals surface area contributed by atoms with Crippen LogP contribution in [0.3, 0.4) is 0 Å². The number of likely N-dealkylation sites (tertiary alicyclic amines) is 1. The molecule has 2 saturated heterocycles. The Morgan fingerprint density at radius 2 is 1.81 bits per heavy atom. The maximum Gasteiger partial charge on any atom is 0.261 e. The fraction of sp³-hybridized carbons (Fsp3) is 0.625. The summed E-state index contributed by atoms with van der Waals surface area (Å²) < 4.78 is 1.85. The highest BCUT2D eigenvalue weighted by molar-refractivity contribution is 5.81. The second-order valence-electron chi connectivity index (χ2n) is 9.56. The van der Waals surface area contributed by atoms with E-state index in [1.165, 1.54) is 12.8 Å². The molecular weight excluding hydrogens is 390 g/mol. The number of nitrogens with zero attached hydrogens (tertiary/aromatic N) is 5. The Labute approximate surface area is 183 Å². The fourth-order valence-electron chi connectivity index (χ4n) is 5.56. The van der Waals surface area contributed by atoms with E-state index >= 15 is 0 Å². The maximum absolute atomic E-state index is 13.0. The van der Waals surface area contributed by atoms with Gasteiger partial charge in [0.2, 0.25) is 5.91 Å². The number of rotatable bonds is 4. The molecule has 0 bridgehead atoms. The van der Waals surface area contributed by atoms with Crippen molar-refractivity contribution in [2.75, 3.05) is 51.2 Å². The Morgan fingerprint density at radius 3 is 2.55 bits per heavy atom. The SMILES string of the molecule is CN1CC(CN2CCN(c3ccc4c(=O)n(C5CCCC5)cnc4c3)CC2)CCC1=O. The Bertz CT molecular complexity index is 1000. The predicted octanol–water partition coefficient (Wildman–Crippen LogP) is 2.50. The van der Waals surface area contributed by atoms with Gasteiger partial charge in [-0.2, -0.15) is 0 Å². The number of anilines is 1. The summed E-state index contributed by atoms with van der Waals surface area (Å²) in [5, 5.41) is 0.729. The highest BCUT2D eigenvalue weighted by Crippen LogP contribution is 2.29. The lowest BCUT2D eigenvalue weighted by Gasteiger charge is -2.39.